The number of carbonyl (C=O) groups excluding carboxylic acids is 1. The molecule has 0 fully saturated rings. The Hall–Kier alpha value is -2.34. The van der Waals surface area contributed by atoms with E-state index in [9.17, 15) is 13.2 Å². The van der Waals surface area contributed by atoms with E-state index in [2.05, 4.69) is 5.32 Å². The monoisotopic (exact) mass is 360 g/mol. The standard InChI is InChI=1S/C19H24N2O3S/c1-4-13-20-19(22)14-21(18-8-6-5-7-16(18)3)25(23,24)17-11-9-15(2)10-12-17/h5-12H,4,13-14H2,1-3H3,(H,20,22). The molecule has 2 aromatic rings. The van der Waals surface area contributed by atoms with Crippen LogP contribution < -0.4 is 9.62 Å². The van der Waals surface area contributed by atoms with Gasteiger partial charge in [-0.2, -0.15) is 0 Å². The summed E-state index contributed by atoms with van der Waals surface area (Å²) in [5.74, 6) is -0.319. The molecule has 2 rings (SSSR count). The zero-order valence-electron chi connectivity index (χ0n) is 14.8. The smallest absolute Gasteiger partial charge is 0.264 e. The van der Waals surface area contributed by atoms with E-state index in [0.717, 1.165) is 17.5 Å². The van der Waals surface area contributed by atoms with Crippen LogP contribution >= 0.6 is 0 Å². The van der Waals surface area contributed by atoms with Crippen LogP contribution in [-0.2, 0) is 14.8 Å². The van der Waals surface area contributed by atoms with Gasteiger partial charge in [-0.3, -0.25) is 9.10 Å². The molecular weight excluding hydrogens is 336 g/mol. The fraction of sp³-hybridized carbons (Fsp3) is 0.316. The summed E-state index contributed by atoms with van der Waals surface area (Å²) in [5.41, 5.74) is 2.28. The summed E-state index contributed by atoms with van der Waals surface area (Å²) in [6, 6.07) is 13.8. The van der Waals surface area contributed by atoms with Crippen LogP contribution in [0.4, 0.5) is 5.69 Å². The second kappa shape index (κ2) is 8.16. The van der Waals surface area contributed by atoms with Gasteiger partial charge in [0.15, 0.2) is 0 Å². The molecule has 0 saturated carbocycles. The number of benzene rings is 2. The second-order valence-electron chi connectivity index (χ2n) is 5.96. The van der Waals surface area contributed by atoms with Crippen LogP contribution in [0.15, 0.2) is 53.4 Å². The Kier molecular flexibility index (Phi) is 6.20. The number of sulfonamides is 1. The van der Waals surface area contributed by atoms with E-state index < -0.39 is 10.0 Å². The SMILES string of the molecule is CCCNC(=O)CN(c1ccccc1C)S(=O)(=O)c1ccc(C)cc1. The highest BCUT2D eigenvalue weighted by molar-refractivity contribution is 7.92. The Balaban J connectivity index is 2.45. The van der Waals surface area contributed by atoms with Crippen molar-refractivity contribution in [2.45, 2.75) is 32.1 Å². The molecule has 1 N–H and O–H groups in total. The summed E-state index contributed by atoms with van der Waals surface area (Å²) in [5, 5.41) is 2.74. The lowest BCUT2D eigenvalue weighted by Gasteiger charge is -2.25. The highest BCUT2D eigenvalue weighted by Crippen LogP contribution is 2.26. The lowest BCUT2D eigenvalue weighted by atomic mass is 10.2. The first-order chi connectivity index (χ1) is 11.9. The third-order valence-corrected chi connectivity index (χ3v) is 5.63. The Morgan fingerprint density at radius 2 is 1.68 bits per heavy atom. The summed E-state index contributed by atoms with van der Waals surface area (Å²) in [4.78, 5) is 12.4. The molecule has 0 aromatic heterocycles. The van der Waals surface area contributed by atoms with Gasteiger partial charge < -0.3 is 5.32 Å². The first-order valence-corrected chi connectivity index (χ1v) is 9.72. The zero-order valence-corrected chi connectivity index (χ0v) is 15.6. The van der Waals surface area contributed by atoms with Crippen LogP contribution in [0.25, 0.3) is 0 Å². The minimum absolute atomic E-state index is 0.171. The van der Waals surface area contributed by atoms with Crippen LogP contribution in [0.5, 0.6) is 0 Å². The fourth-order valence-electron chi connectivity index (χ4n) is 2.43. The van der Waals surface area contributed by atoms with Gasteiger partial charge in [0.2, 0.25) is 5.91 Å². The first kappa shape index (κ1) is 19.0. The largest absolute Gasteiger partial charge is 0.355 e. The molecule has 1 amide bonds. The van der Waals surface area contributed by atoms with Crippen molar-refractivity contribution < 1.29 is 13.2 Å². The van der Waals surface area contributed by atoms with Gasteiger partial charge in [-0.1, -0.05) is 42.8 Å². The number of rotatable bonds is 7. The van der Waals surface area contributed by atoms with Gasteiger partial charge in [0, 0.05) is 6.54 Å². The molecule has 0 saturated heterocycles. The van der Waals surface area contributed by atoms with E-state index in [4.69, 9.17) is 0 Å². The van der Waals surface area contributed by atoms with Gasteiger partial charge in [-0.25, -0.2) is 8.42 Å². The average Bonchev–Trinajstić information content (AvgIpc) is 2.59. The second-order valence-corrected chi connectivity index (χ2v) is 7.82. The summed E-state index contributed by atoms with van der Waals surface area (Å²) >= 11 is 0. The van der Waals surface area contributed by atoms with Gasteiger partial charge >= 0.3 is 0 Å². The van der Waals surface area contributed by atoms with E-state index in [1.165, 1.54) is 4.31 Å². The molecule has 0 aliphatic heterocycles. The van der Waals surface area contributed by atoms with Gasteiger partial charge in [0.25, 0.3) is 10.0 Å². The number of hydrogen-bond donors (Lipinski definition) is 1. The number of aryl methyl sites for hydroxylation is 2. The van der Waals surface area contributed by atoms with E-state index in [1.54, 1.807) is 36.4 Å². The van der Waals surface area contributed by atoms with Crippen LogP contribution in [0, 0.1) is 13.8 Å². The number of para-hydroxylation sites is 1. The van der Waals surface area contributed by atoms with Gasteiger partial charge in [-0.05, 0) is 44.0 Å². The van der Waals surface area contributed by atoms with Crippen LogP contribution in [0.2, 0.25) is 0 Å². The predicted octanol–water partition coefficient (Wildman–Crippen LogP) is 3.02. The number of carbonyl (C=O) groups is 1. The van der Waals surface area contributed by atoms with Crippen molar-refractivity contribution in [3.8, 4) is 0 Å². The zero-order chi connectivity index (χ0) is 18.4. The molecule has 0 radical (unpaired) electrons. The third kappa shape index (κ3) is 4.60. The lowest BCUT2D eigenvalue weighted by molar-refractivity contribution is -0.119. The van der Waals surface area contributed by atoms with Crippen molar-refractivity contribution in [3.05, 3.63) is 59.7 Å². The third-order valence-electron chi connectivity index (χ3n) is 3.85. The van der Waals surface area contributed by atoms with Crippen molar-refractivity contribution in [3.63, 3.8) is 0 Å². The average molecular weight is 360 g/mol. The first-order valence-electron chi connectivity index (χ1n) is 8.28. The predicted molar refractivity (Wildman–Crippen MR) is 100 cm³/mol. The Labute approximate surface area is 149 Å². The molecule has 0 atom stereocenters. The summed E-state index contributed by atoms with van der Waals surface area (Å²) in [6.45, 7) is 5.94. The molecule has 134 valence electrons. The minimum Gasteiger partial charge on any atom is -0.355 e. The van der Waals surface area contributed by atoms with E-state index in [0.29, 0.717) is 12.2 Å². The number of amides is 1. The quantitative estimate of drug-likeness (QED) is 0.825. The molecule has 25 heavy (non-hydrogen) atoms. The molecule has 0 aliphatic carbocycles. The molecule has 0 aliphatic rings. The molecular formula is C19H24N2O3S. The maximum absolute atomic E-state index is 13.2. The molecule has 0 heterocycles. The summed E-state index contributed by atoms with van der Waals surface area (Å²) in [6.07, 6.45) is 0.792. The van der Waals surface area contributed by atoms with Crippen molar-refractivity contribution in [1.29, 1.82) is 0 Å². The van der Waals surface area contributed by atoms with E-state index >= 15 is 0 Å². The van der Waals surface area contributed by atoms with Gasteiger partial charge in [-0.15, -0.1) is 0 Å². The Morgan fingerprint density at radius 3 is 2.28 bits per heavy atom. The van der Waals surface area contributed by atoms with Crippen LogP contribution in [-0.4, -0.2) is 27.4 Å². The highest BCUT2D eigenvalue weighted by atomic mass is 32.2. The molecule has 5 nitrogen and oxygen atoms in total. The van der Waals surface area contributed by atoms with Crippen molar-refractivity contribution >= 4 is 21.6 Å². The maximum Gasteiger partial charge on any atom is 0.264 e. The van der Waals surface area contributed by atoms with E-state index in [-0.39, 0.29) is 17.3 Å². The van der Waals surface area contributed by atoms with E-state index in [1.807, 2.05) is 32.9 Å². The van der Waals surface area contributed by atoms with Gasteiger partial charge in [0.1, 0.15) is 6.54 Å². The summed E-state index contributed by atoms with van der Waals surface area (Å²) < 4.78 is 27.5. The van der Waals surface area contributed by atoms with Gasteiger partial charge in [0.05, 0.1) is 10.6 Å². The molecule has 6 heteroatoms. The van der Waals surface area contributed by atoms with Crippen LogP contribution in [0.1, 0.15) is 24.5 Å². The lowest BCUT2D eigenvalue weighted by Crippen LogP contribution is -2.41. The molecule has 2 aromatic carbocycles. The summed E-state index contributed by atoms with van der Waals surface area (Å²) in [7, 11) is -3.84. The molecule has 0 bridgehead atoms. The Morgan fingerprint density at radius 1 is 1.04 bits per heavy atom. The molecule has 0 spiro atoms. The van der Waals surface area contributed by atoms with Crippen molar-refractivity contribution in [1.82, 2.24) is 5.32 Å². The van der Waals surface area contributed by atoms with Crippen LogP contribution in [0.3, 0.4) is 0 Å². The number of hydrogen-bond acceptors (Lipinski definition) is 3. The number of nitrogens with zero attached hydrogens (tertiary/aromatic N) is 1. The molecule has 0 unspecified atom stereocenters. The maximum atomic E-state index is 13.2. The highest BCUT2D eigenvalue weighted by Gasteiger charge is 2.27. The fourth-order valence-corrected chi connectivity index (χ4v) is 3.92. The topological polar surface area (TPSA) is 66.5 Å². The Bertz CT molecular complexity index is 830. The minimum atomic E-state index is -3.84. The normalized spacial score (nSPS) is 11.2. The number of anilines is 1. The van der Waals surface area contributed by atoms with Crippen molar-refractivity contribution in [2.24, 2.45) is 0 Å². The van der Waals surface area contributed by atoms with Crippen molar-refractivity contribution in [2.75, 3.05) is 17.4 Å². The number of nitrogens with one attached hydrogen (secondary N) is 1.